The molecular weight excluding hydrogens is 430 g/mol. The molecule has 0 saturated carbocycles. The number of anilines is 1. The molecule has 34 heavy (non-hydrogen) atoms. The number of aliphatic hydroxyl groups is 1. The van der Waals surface area contributed by atoms with Gasteiger partial charge in [0.2, 0.25) is 0 Å². The van der Waals surface area contributed by atoms with Crippen LogP contribution in [0, 0.1) is 13.8 Å². The van der Waals surface area contributed by atoms with E-state index in [4.69, 9.17) is 9.47 Å². The van der Waals surface area contributed by atoms with E-state index in [2.05, 4.69) is 0 Å². The second-order valence-electron chi connectivity index (χ2n) is 8.22. The van der Waals surface area contributed by atoms with Gasteiger partial charge >= 0.3 is 0 Å². The third-order valence-electron chi connectivity index (χ3n) is 5.82. The molecule has 0 bridgehead atoms. The fraction of sp³-hybridized carbons (Fsp3) is 0.214. The predicted octanol–water partition coefficient (Wildman–Crippen LogP) is 5.34. The maximum atomic E-state index is 13.4. The van der Waals surface area contributed by atoms with Crippen molar-refractivity contribution >= 4 is 23.1 Å². The molecule has 1 unspecified atom stereocenters. The largest absolute Gasteiger partial charge is 0.507 e. The van der Waals surface area contributed by atoms with Gasteiger partial charge in [0.1, 0.15) is 17.3 Å². The number of carbonyl (C=O) groups is 2. The van der Waals surface area contributed by atoms with E-state index < -0.39 is 17.7 Å². The SMILES string of the molecule is CCOc1cccc(N2C(=O)C(=O)/C(=C(/O)c3cc(C)ccc3OC)C2c2cccc(C)c2)c1. The Balaban J connectivity index is 1.97. The Kier molecular flexibility index (Phi) is 6.41. The second kappa shape index (κ2) is 9.43. The molecule has 1 fully saturated rings. The summed E-state index contributed by atoms with van der Waals surface area (Å²) in [5, 5.41) is 11.4. The molecule has 1 aliphatic rings. The standard InChI is InChI=1S/C28H27NO5/c1-5-34-21-11-7-10-20(16-21)29-25(19-9-6-8-17(2)14-19)24(27(31)28(29)32)26(30)22-15-18(3)12-13-23(22)33-4/h6-16,25,30H,5H2,1-4H3/b26-24+. The van der Waals surface area contributed by atoms with E-state index in [-0.39, 0.29) is 11.3 Å². The van der Waals surface area contributed by atoms with Crippen molar-refractivity contribution in [3.05, 3.63) is 94.6 Å². The number of methoxy groups -OCH3 is 1. The predicted molar refractivity (Wildman–Crippen MR) is 131 cm³/mol. The summed E-state index contributed by atoms with van der Waals surface area (Å²) in [6.45, 7) is 6.17. The van der Waals surface area contributed by atoms with Gasteiger partial charge in [-0.15, -0.1) is 0 Å². The van der Waals surface area contributed by atoms with Gasteiger partial charge in [-0.2, -0.15) is 0 Å². The molecule has 0 aliphatic carbocycles. The van der Waals surface area contributed by atoms with E-state index >= 15 is 0 Å². The summed E-state index contributed by atoms with van der Waals surface area (Å²) in [6.07, 6.45) is 0. The average Bonchev–Trinajstić information content (AvgIpc) is 3.09. The van der Waals surface area contributed by atoms with Crippen molar-refractivity contribution in [3.8, 4) is 11.5 Å². The lowest BCUT2D eigenvalue weighted by atomic mass is 9.93. The number of hydrogen-bond donors (Lipinski definition) is 1. The first-order chi connectivity index (χ1) is 16.3. The van der Waals surface area contributed by atoms with Crippen LogP contribution in [0.2, 0.25) is 0 Å². The highest BCUT2D eigenvalue weighted by Gasteiger charge is 2.47. The highest BCUT2D eigenvalue weighted by Crippen LogP contribution is 2.44. The molecule has 0 radical (unpaired) electrons. The van der Waals surface area contributed by atoms with Crippen molar-refractivity contribution in [1.82, 2.24) is 0 Å². The van der Waals surface area contributed by atoms with Crippen molar-refractivity contribution in [3.63, 3.8) is 0 Å². The number of hydrogen-bond acceptors (Lipinski definition) is 5. The normalized spacial score (nSPS) is 17.2. The number of Topliss-reactive ketones (excluding diaryl/α,β-unsaturated/α-hetero) is 1. The van der Waals surface area contributed by atoms with Crippen LogP contribution < -0.4 is 14.4 Å². The summed E-state index contributed by atoms with van der Waals surface area (Å²) < 4.78 is 11.1. The summed E-state index contributed by atoms with van der Waals surface area (Å²) >= 11 is 0. The number of nitrogens with zero attached hydrogens (tertiary/aromatic N) is 1. The Morgan fingerprint density at radius 3 is 2.41 bits per heavy atom. The zero-order chi connectivity index (χ0) is 24.4. The molecule has 1 aliphatic heterocycles. The Hall–Kier alpha value is -4.06. The summed E-state index contributed by atoms with van der Waals surface area (Å²) in [6, 6.07) is 19.1. The van der Waals surface area contributed by atoms with Gasteiger partial charge < -0.3 is 14.6 Å². The number of ketones is 1. The first-order valence-corrected chi connectivity index (χ1v) is 11.1. The second-order valence-corrected chi connectivity index (χ2v) is 8.22. The van der Waals surface area contributed by atoms with E-state index in [1.54, 1.807) is 36.4 Å². The fourth-order valence-electron chi connectivity index (χ4n) is 4.30. The van der Waals surface area contributed by atoms with Crippen LogP contribution in [0.15, 0.2) is 72.3 Å². The van der Waals surface area contributed by atoms with Gasteiger partial charge in [0.05, 0.1) is 30.9 Å². The smallest absolute Gasteiger partial charge is 0.300 e. The summed E-state index contributed by atoms with van der Waals surface area (Å²) in [7, 11) is 1.50. The van der Waals surface area contributed by atoms with Crippen LogP contribution in [0.5, 0.6) is 11.5 Å². The van der Waals surface area contributed by atoms with Gasteiger partial charge in [0.25, 0.3) is 11.7 Å². The monoisotopic (exact) mass is 457 g/mol. The van der Waals surface area contributed by atoms with Gasteiger partial charge in [0.15, 0.2) is 0 Å². The zero-order valence-electron chi connectivity index (χ0n) is 19.7. The van der Waals surface area contributed by atoms with Crippen LogP contribution in [-0.2, 0) is 9.59 Å². The minimum absolute atomic E-state index is 0.0151. The quantitative estimate of drug-likeness (QED) is 0.307. The number of rotatable bonds is 6. The van der Waals surface area contributed by atoms with E-state index in [1.165, 1.54) is 12.0 Å². The summed E-state index contributed by atoms with van der Waals surface area (Å²) in [4.78, 5) is 28.2. The molecule has 1 heterocycles. The van der Waals surface area contributed by atoms with Crippen molar-refractivity contribution < 1.29 is 24.2 Å². The fourth-order valence-corrected chi connectivity index (χ4v) is 4.30. The lowest BCUT2D eigenvalue weighted by Crippen LogP contribution is -2.29. The van der Waals surface area contributed by atoms with Crippen LogP contribution in [-0.4, -0.2) is 30.5 Å². The third-order valence-corrected chi connectivity index (χ3v) is 5.82. The minimum atomic E-state index is -0.818. The van der Waals surface area contributed by atoms with Gasteiger partial charge in [0, 0.05) is 11.8 Å². The molecule has 1 N–H and O–H groups in total. The number of benzene rings is 3. The van der Waals surface area contributed by atoms with E-state index in [0.717, 1.165) is 11.1 Å². The molecule has 0 aromatic heterocycles. The lowest BCUT2D eigenvalue weighted by molar-refractivity contribution is -0.132. The third kappa shape index (κ3) is 4.15. The Bertz CT molecular complexity index is 1290. The molecule has 174 valence electrons. The Morgan fingerprint density at radius 2 is 1.71 bits per heavy atom. The molecular formula is C28H27NO5. The topological polar surface area (TPSA) is 76.1 Å². The number of carbonyl (C=O) groups excluding carboxylic acids is 2. The summed E-state index contributed by atoms with van der Waals surface area (Å²) in [5.74, 6) is -0.738. The molecule has 1 saturated heterocycles. The molecule has 4 rings (SSSR count). The summed E-state index contributed by atoms with van der Waals surface area (Å²) in [5.41, 5.74) is 3.46. The molecule has 1 atom stereocenters. The Morgan fingerprint density at radius 1 is 0.971 bits per heavy atom. The van der Waals surface area contributed by atoms with Gasteiger partial charge in [-0.3, -0.25) is 14.5 Å². The van der Waals surface area contributed by atoms with Crippen LogP contribution in [0.25, 0.3) is 5.76 Å². The maximum Gasteiger partial charge on any atom is 0.300 e. The highest BCUT2D eigenvalue weighted by molar-refractivity contribution is 6.51. The molecule has 1 amide bonds. The zero-order valence-corrected chi connectivity index (χ0v) is 19.7. The molecule has 6 nitrogen and oxygen atoms in total. The molecule has 3 aromatic rings. The Labute approximate surface area is 199 Å². The van der Waals surface area contributed by atoms with Crippen molar-refractivity contribution in [2.45, 2.75) is 26.8 Å². The number of amides is 1. The minimum Gasteiger partial charge on any atom is -0.507 e. The number of aryl methyl sites for hydroxylation is 2. The van der Waals surface area contributed by atoms with E-state index in [0.29, 0.717) is 34.9 Å². The number of aliphatic hydroxyl groups excluding tert-OH is 1. The first-order valence-electron chi connectivity index (χ1n) is 11.1. The van der Waals surface area contributed by atoms with Crippen molar-refractivity contribution in [2.24, 2.45) is 0 Å². The average molecular weight is 458 g/mol. The van der Waals surface area contributed by atoms with Crippen LogP contribution in [0.4, 0.5) is 5.69 Å². The van der Waals surface area contributed by atoms with Gasteiger partial charge in [-0.1, -0.05) is 47.5 Å². The molecule has 6 heteroatoms. The van der Waals surface area contributed by atoms with Crippen LogP contribution in [0.3, 0.4) is 0 Å². The van der Waals surface area contributed by atoms with Gasteiger partial charge in [-0.25, -0.2) is 0 Å². The van der Waals surface area contributed by atoms with Crippen LogP contribution >= 0.6 is 0 Å². The van der Waals surface area contributed by atoms with Gasteiger partial charge in [-0.05, 0) is 50.6 Å². The molecule has 0 spiro atoms. The number of ether oxygens (including phenoxy) is 2. The first kappa shape index (κ1) is 23.1. The van der Waals surface area contributed by atoms with Crippen molar-refractivity contribution in [2.75, 3.05) is 18.6 Å². The van der Waals surface area contributed by atoms with E-state index in [9.17, 15) is 14.7 Å². The van der Waals surface area contributed by atoms with Crippen molar-refractivity contribution in [1.29, 1.82) is 0 Å². The maximum absolute atomic E-state index is 13.4. The highest BCUT2D eigenvalue weighted by atomic mass is 16.5. The lowest BCUT2D eigenvalue weighted by Gasteiger charge is -2.26. The van der Waals surface area contributed by atoms with E-state index in [1.807, 2.05) is 51.1 Å². The molecule has 3 aromatic carbocycles. The van der Waals surface area contributed by atoms with Crippen LogP contribution in [0.1, 0.15) is 35.2 Å².